The van der Waals surface area contributed by atoms with E-state index in [4.69, 9.17) is 9.47 Å². The lowest BCUT2D eigenvalue weighted by Gasteiger charge is -2.34. The highest BCUT2D eigenvalue weighted by Crippen LogP contribution is 2.21. The van der Waals surface area contributed by atoms with Gasteiger partial charge in [0.15, 0.2) is 4.96 Å². The van der Waals surface area contributed by atoms with Crippen LogP contribution < -0.4 is 5.56 Å². The number of esters is 1. The molecule has 164 valence electrons. The van der Waals surface area contributed by atoms with Gasteiger partial charge in [-0.3, -0.25) is 9.20 Å². The molecule has 0 N–H and O–H groups in total. The summed E-state index contributed by atoms with van der Waals surface area (Å²) in [5.41, 5.74) is 0.297. The highest BCUT2D eigenvalue weighted by Gasteiger charge is 2.32. The van der Waals surface area contributed by atoms with E-state index in [1.807, 2.05) is 13.8 Å². The van der Waals surface area contributed by atoms with E-state index in [9.17, 15) is 18.0 Å². The average molecular weight is 464 g/mol. The van der Waals surface area contributed by atoms with Crippen LogP contribution in [0.15, 0.2) is 51.6 Å². The van der Waals surface area contributed by atoms with Crippen molar-refractivity contribution in [3.8, 4) is 0 Å². The first-order chi connectivity index (χ1) is 14.7. The second-order valence-corrected chi connectivity index (χ2v) is 10.1. The normalized spacial score (nSPS) is 20.1. The van der Waals surface area contributed by atoms with Crippen LogP contribution in [0.5, 0.6) is 0 Å². The number of rotatable bonds is 5. The molecule has 2 atom stereocenters. The average Bonchev–Trinajstić information content (AvgIpc) is 3.21. The molecule has 31 heavy (non-hydrogen) atoms. The fourth-order valence-corrected chi connectivity index (χ4v) is 5.75. The van der Waals surface area contributed by atoms with E-state index >= 15 is 0 Å². The minimum Gasteiger partial charge on any atom is -0.456 e. The van der Waals surface area contributed by atoms with Crippen LogP contribution in [0.3, 0.4) is 0 Å². The van der Waals surface area contributed by atoms with Crippen LogP contribution >= 0.6 is 11.3 Å². The Hall–Kier alpha value is -2.60. The van der Waals surface area contributed by atoms with E-state index in [-0.39, 0.29) is 47.9 Å². The van der Waals surface area contributed by atoms with Crippen LogP contribution in [-0.4, -0.2) is 53.4 Å². The predicted molar refractivity (Wildman–Crippen MR) is 114 cm³/mol. The fraction of sp³-hybridized carbons (Fsp3) is 0.350. The number of fused-ring (bicyclic) bond motifs is 1. The molecule has 9 nitrogen and oxygen atoms in total. The molecule has 11 heteroatoms. The second-order valence-electron chi connectivity index (χ2n) is 7.32. The molecule has 0 aliphatic carbocycles. The number of thiazole rings is 1. The smallest absolute Gasteiger partial charge is 0.338 e. The number of nitrogens with zero attached hydrogens (tertiary/aromatic N) is 3. The first kappa shape index (κ1) is 21.6. The van der Waals surface area contributed by atoms with Crippen LogP contribution in [0.25, 0.3) is 4.96 Å². The molecule has 1 aliphatic rings. The summed E-state index contributed by atoms with van der Waals surface area (Å²) in [6, 6.07) is 6.91. The molecule has 0 radical (unpaired) electrons. The molecule has 0 unspecified atom stereocenters. The number of hydrogen-bond acceptors (Lipinski definition) is 8. The number of ether oxygens (including phenoxy) is 2. The molecule has 1 fully saturated rings. The summed E-state index contributed by atoms with van der Waals surface area (Å²) in [7, 11) is -3.69. The van der Waals surface area contributed by atoms with Gasteiger partial charge in [-0.2, -0.15) is 4.31 Å². The lowest BCUT2D eigenvalue weighted by molar-refractivity contribution is -0.0440. The van der Waals surface area contributed by atoms with Gasteiger partial charge in [0.2, 0.25) is 10.0 Å². The predicted octanol–water partition coefficient (Wildman–Crippen LogP) is 1.91. The SMILES string of the molecule is C[C@@H]1CN(S(=O)(=O)c2ccc(C(=O)OCc3cc(=O)n4ccsc4n3)cc2)C[C@@H](C)O1. The number of morpholine rings is 1. The molecular formula is C20H21N3O6S2. The summed E-state index contributed by atoms with van der Waals surface area (Å²) in [5, 5.41) is 1.74. The van der Waals surface area contributed by atoms with Crippen molar-refractivity contribution in [1.82, 2.24) is 13.7 Å². The van der Waals surface area contributed by atoms with E-state index in [0.29, 0.717) is 10.7 Å². The fourth-order valence-electron chi connectivity index (χ4n) is 3.42. The van der Waals surface area contributed by atoms with Gasteiger partial charge in [-0.25, -0.2) is 18.2 Å². The quantitative estimate of drug-likeness (QED) is 0.532. The van der Waals surface area contributed by atoms with E-state index in [2.05, 4.69) is 4.98 Å². The summed E-state index contributed by atoms with van der Waals surface area (Å²) < 4.78 is 39.4. The van der Waals surface area contributed by atoms with Crippen molar-refractivity contribution in [2.24, 2.45) is 0 Å². The maximum atomic E-state index is 12.9. The zero-order chi connectivity index (χ0) is 22.2. The molecule has 2 aromatic heterocycles. The molecule has 0 bridgehead atoms. The third kappa shape index (κ3) is 4.54. The van der Waals surface area contributed by atoms with Crippen molar-refractivity contribution in [3.05, 3.63) is 63.5 Å². The van der Waals surface area contributed by atoms with Gasteiger partial charge in [-0.15, -0.1) is 11.3 Å². The molecule has 0 spiro atoms. The van der Waals surface area contributed by atoms with Gasteiger partial charge in [0.25, 0.3) is 5.56 Å². The van der Waals surface area contributed by atoms with Crippen LogP contribution in [-0.2, 0) is 26.1 Å². The van der Waals surface area contributed by atoms with Crippen LogP contribution in [0.1, 0.15) is 29.9 Å². The van der Waals surface area contributed by atoms with Crippen molar-refractivity contribution in [1.29, 1.82) is 0 Å². The first-order valence-corrected chi connectivity index (χ1v) is 11.9. The molecule has 0 saturated carbocycles. The molecule has 3 heterocycles. The number of aromatic nitrogens is 2. The van der Waals surface area contributed by atoms with Crippen molar-refractivity contribution in [2.45, 2.75) is 37.6 Å². The summed E-state index contributed by atoms with van der Waals surface area (Å²) >= 11 is 1.30. The second kappa shape index (κ2) is 8.50. The molecule has 0 amide bonds. The Kier molecular flexibility index (Phi) is 5.93. The van der Waals surface area contributed by atoms with Crippen LogP contribution in [0.4, 0.5) is 0 Å². The molecule has 1 aromatic carbocycles. The molecular weight excluding hydrogens is 442 g/mol. The zero-order valence-electron chi connectivity index (χ0n) is 16.9. The van der Waals surface area contributed by atoms with E-state index < -0.39 is 16.0 Å². The number of hydrogen-bond donors (Lipinski definition) is 0. The molecule has 1 aliphatic heterocycles. The van der Waals surface area contributed by atoms with E-state index in [0.717, 1.165) is 0 Å². The standard InChI is InChI=1S/C20H21N3O6S2/c1-13-10-22(11-14(2)29-13)31(26,27)17-5-3-15(4-6-17)19(25)28-12-16-9-18(24)23-7-8-30-20(23)21-16/h3-9,13-14H,10-12H2,1-2H3/t13-,14-/m1/s1. The first-order valence-electron chi connectivity index (χ1n) is 9.62. The van der Waals surface area contributed by atoms with Gasteiger partial charge < -0.3 is 9.47 Å². The Morgan fingerprint density at radius 1 is 1.23 bits per heavy atom. The third-order valence-corrected chi connectivity index (χ3v) is 7.42. The number of carbonyl (C=O) groups is 1. The van der Waals surface area contributed by atoms with Crippen molar-refractivity contribution < 1.29 is 22.7 Å². The van der Waals surface area contributed by atoms with E-state index in [1.165, 1.54) is 50.4 Å². The number of benzene rings is 1. The summed E-state index contributed by atoms with van der Waals surface area (Å²) in [4.78, 5) is 29.3. The third-order valence-electron chi connectivity index (χ3n) is 4.82. The molecule has 3 aromatic rings. The Morgan fingerprint density at radius 2 is 1.90 bits per heavy atom. The van der Waals surface area contributed by atoms with Gasteiger partial charge in [0.1, 0.15) is 6.61 Å². The topological polar surface area (TPSA) is 107 Å². The van der Waals surface area contributed by atoms with Gasteiger partial charge in [-0.1, -0.05) is 0 Å². The number of sulfonamides is 1. The maximum absolute atomic E-state index is 12.9. The van der Waals surface area contributed by atoms with Crippen molar-refractivity contribution in [2.75, 3.05) is 13.1 Å². The highest BCUT2D eigenvalue weighted by atomic mass is 32.2. The minimum absolute atomic E-state index is 0.100. The molecule has 4 rings (SSSR count). The maximum Gasteiger partial charge on any atom is 0.338 e. The Morgan fingerprint density at radius 3 is 2.58 bits per heavy atom. The highest BCUT2D eigenvalue weighted by molar-refractivity contribution is 7.89. The summed E-state index contributed by atoms with van der Waals surface area (Å²) in [5.74, 6) is -0.634. The largest absolute Gasteiger partial charge is 0.456 e. The van der Waals surface area contributed by atoms with Gasteiger partial charge >= 0.3 is 5.97 Å². The summed E-state index contributed by atoms with van der Waals surface area (Å²) in [6.07, 6.45) is 1.24. The minimum atomic E-state index is -3.69. The van der Waals surface area contributed by atoms with Crippen molar-refractivity contribution >= 4 is 32.3 Å². The van der Waals surface area contributed by atoms with Crippen molar-refractivity contribution in [3.63, 3.8) is 0 Å². The Balaban J connectivity index is 1.44. The molecule has 1 saturated heterocycles. The van der Waals surface area contributed by atoms with Crippen LogP contribution in [0.2, 0.25) is 0 Å². The van der Waals surface area contributed by atoms with E-state index in [1.54, 1.807) is 11.6 Å². The number of carbonyl (C=O) groups excluding carboxylic acids is 1. The Bertz CT molecular complexity index is 1260. The summed E-state index contributed by atoms with van der Waals surface area (Å²) in [6.45, 7) is 4.05. The lowest BCUT2D eigenvalue weighted by atomic mass is 10.2. The van der Waals surface area contributed by atoms with Crippen LogP contribution in [0, 0.1) is 0 Å². The van der Waals surface area contributed by atoms with Gasteiger partial charge in [-0.05, 0) is 38.1 Å². The lowest BCUT2D eigenvalue weighted by Crippen LogP contribution is -2.48. The Labute approximate surface area is 182 Å². The zero-order valence-corrected chi connectivity index (χ0v) is 18.6. The monoisotopic (exact) mass is 463 g/mol. The van der Waals surface area contributed by atoms with Gasteiger partial charge in [0, 0.05) is 30.7 Å². The van der Waals surface area contributed by atoms with Gasteiger partial charge in [0.05, 0.1) is 28.4 Å².